The topological polar surface area (TPSA) is 52.6 Å². The van der Waals surface area contributed by atoms with E-state index in [4.69, 9.17) is 0 Å². The summed E-state index contributed by atoms with van der Waals surface area (Å²) < 4.78 is 0. The second-order valence-electron chi connectivity index (χ2n) is 8.86. The Kier molecular flexibility index (Phi) is 6.32. The summed E-state index contributed by atoms with van der Waals surface area (Å²) in [5, 5.41) is 0. The molecule has 2 aliphatic rings. The number of aryl methyl sites for hydroxylation is 2. The summed E-state index contributed by atoms with van der Waals surface area (Å²) in [6, 6.07) is 12.6. The molecule has 1 aromatic heterocycles. The van der Waals surface area contributed by atoms with Crippen LogP contribution in [-0.4, -0.2) is 65.4 Å². The van der Waals surface area contributed by atoms with E-state index in [9.17, 15) is 4.79 Å². The average Bonchev–Trinajstić information content (AvgIpc) is 2.74. The van der Waals surface area contributed by atoms with Crippen LogP contribution in [0.4, 0.5) is 5.95 Å². The normalized spacial score (nSPS) is 21.1. The predicted octanol–water partition coefficient (Wildman–Crippen LogP) is 3.22. The van der Waals surface area contributed by atoms with Gasteiger partial charge in [0.2, 0.25) is 11.9 Å². The quantitative estimate of drug-likeness (QED) is 0.779. The number of carbonyl (C=O) groups is 1. The highest BCUT2D eigenvalue weighted by Gasteiger charge is 2.32. The largest absolute Gasteiger partial charge is 0.341 e. The van der Waals surface area contributed by atoms with Crippen molar-refractivity contribution in [2.45, 2.75) is 39.2 Å². The average molecular weight is 408 g/mol. The Morgan fingerprint density at radius 2 is 1.67 bits per heavy atom. The van der Waals surface area contributed by atoms with Gasteiger partial charge in [0.1, 0.15) is 0 Å². The lowest BCUT2D eigenvalue weighted by Crippen LogP contribution is -2.50. The van der Waals surface area contributed by atoms with E-state index >= 15 is 0 Å². The second-order valence-corrected chi connectivity index (χ2v) is 8.86. The molecule has 0 bridgehead atoms. The third-order valence-corrected chi connectivity index (χ3v) is 6.42. The first-order chi connectivity index (χ1) is 14.5. The van der Waals surface area contributed by atoms with E-state index in [1.807, 2.05) is 26.0 Å². The number of rotatable bonds is 4. The van der Waals surface area contributed by atoms with Gasteiger partial charge in [0.25, 0.3) is 0 Å². The number of likely N-dealkylation sites (N-methyl/N-ethyl adjacent to an activating group) is 1. The Bertz CT molecular complexity index is 843. The number of amides is 1. The lowest BCUT2D eigenvalue weighted by molar-refractivity contribution is -0.137. The summed E-state index contributed by atoms with van der Waals surface area (Å²) in [5.41, 5.74) is 3.26. The molecule has 0 unspecified atom stereocenters. The molecule has 3 heterocycles. The highest BCUT2D eigenvalue weighted by atomic mass is 16.2. The van der Waals surface area contributed by atoms with E-state index in [0.717, 1.165) is 62.9 Å². The van der Waals surface area contributed by atoms with Crippen LogP contribution in [0.3, 0.4) is 0 Å². The monoisotopic (exact) mass is 407 g/mol. The van der Waals surface area contributed by atoms with Crippen LogP contribution < -0.4 is 4.90 Å². The zero-order valence-electron chi connectivity index (χ0n) is 18.4. The highest BCUT2D eigenvalue weighted by molar-refractivity contribution is 5.77. The van der Waals surface area contributed by atoms with Gasteiger partial charge in [-0.1, -0.05) is 30.3 Å². The number of nitrogens with zero attached hydrogens (tertiary/aromatic N) is 5. The number of piperazine rings is 1. The zero-order valence-corrected chi connectivity index (χ0v) is 18.4. The Balaban J connectivity index is 1.37. The predicted molar refractivity (Wildman–Crippen MR) is 119 cm³/mol. The number of hydrogen-bond donors (Lipinski definition) is 0. The van der Waals surface area contributed by atoms with Crippen LogP contribution in [0.1, 0.15) is 42.3 Å². The first-order valence-electron chi connectivity index (χ1n) is 11.1. The maximum absolute atomic E-state index is 13.3. The Morgan fingerprint density at radius 1 is 1.00 bits per heavy atom. The minimum absolute atomic E-state index is 0.154. The van der Waals surface area contributed by atoms with E-state index in [2.05, 4.69) is 56.0 Å². The van der Waals surface area contributed by atoms with Crippen LogP contribution in [0.5, 0.6) is 0 Å². The van der Waals surface area contributed by atoms with Crippen molar-refractivity contribution in [3.8, 4) is 0 Å². The standard InChI is InChI=1S/C24H33N5O/c1-18-15-19(2)26-24(25-18)28-11-9-20(10-12-28)16-23(30)29-14-13-27(3)17-22(29)21-7-5-4-6-8-21/h4-8,15,20,22H,9-14,16-17H2,1-3H3/t22-/m0/s1. The number of anilines is 1. The highest BCUT2D eigenvalue weighted by Crippen LogP contribution is 2.29. The van der Waals surface area contributed by atoms with E-state index in [0.29, 0.717) is 18.2 Å². The molecule has 2 aromatic rings. The van der Waals surface area contributed by atoms with E-state index in [1.54, 1.807) is 0 Å². The minimum Gasteiger partial charge on any atom is -0.341 e. The van der Waals surface area contributed by atoms with E-state index in [-0.39, 0.29) is 6.04 Å². The fourth-order valence-corrected chi connectivity index (χ4v) is 4.73. The number of carbonyl (C=O) groups excluding carboxylic acids is 1. The van der Waals surface area contributed by atoms with Crippen LogP contribution in [0, 0.1) is 19.8 Å². The molecule has 0 spiro atoms. The van der Waals surface area contributed by atoms with Gasteiger partial charge in [-0.2, -0.15) is 0 Å². The van der Waals surface area contributed by atoms with Gasteiger partial charge < -0.3 is 14.7 Å². The molecular weight excluding hydrogens is 374 g/mol. The van der Waals surface area contributed by atoms with Crippen LogP contribution in [0.2, 0.25) is 0 Å². The molecule has 2 fully saturated rings. The summed E-state index contributed by atoms with van der Waals surface area (Å²) in [6.07, 6.45) is 2.69. The molecule has 30 heavy (non-hydrogen) atoms. The van der Waals surface area contributed by atoms with Gasteiger partial charge in [0.15, 0.2) is 0 Å². The van der Waals surface area contributed by atoms with Gasteiger partial charge in [-0.3, -0.25) is 4.79 Å². The first-order valence-corrected chi connectivity index (χ1v) is 11.1. The summed E-state index contributed by atoms with van der Waals surface area (Å²) in [6.45, 7) is 8.53. The van der Waals surface area contributed by atoms with Crippen molar-refractivity contribution < 1.29 is 4.79 Å². The SMILES string of the molecule is Cc1cc(C)nc(N2CCC(CC(=O)N3CCN(C)C[C@H]3c3ccccc3)CC2)n1. The van der Waals surface area contributed by atoms with Crippen LogP contribution in [-0.2, 0) is 4.79 Å². The zero-order chi connectivity index (χ0) is 21.1. The van der Waals surface area contributed by atoms with Crippen molar-refractivity contribution in [1.29, 1.82) is 0 Å². The van der Waals surface area contributed by atoms with Crippen molar-refractivity contribution in [2.75, 3.05) is 44.7 Å². The van der Waals surface area contributed by atoms with E-state index < -0.39 is 0 Å². The van der Waals surface area contributed by atoms with Gasteiger partial charge in [-0.25, -0.2) is 9.97 Å². The Hall–Kier alpha value is -2.47. The van der Waals surface area contributed by atoms with Gasteiger partial charge in [0.05, 0.1) is 6.04 Å². The summed E-state index contributed by atoms with van der Waals surface area (Å²) in [4.78, 5) is 29.2. The van der Waals surface area contributed by atoms with Gasteiger partial charge >= 0.3 is 0 Å². The third kappa shape index (κ3) is 4.81. The van der Waals surface area contributed by atoms with Gasteiger partial charge in [-0.15, -0.1) is 0 Å². The molecule has 0 N–H and O–H groups in total. The van der Waals surface area contributed by atoms with E-state index in [1.165, 1.54) is 5.56 Å². The Morgan fingerprint density at radius 3 is 2.33 bits per heavy atom. The van der Waals surface area contributed by atoms with Crippen molar-refractivity contribution in [2.24, 2.45) is 5.92 Å². The molecule has 4 rings (SSSR count). The molecule has 1 aromatic carbocycles. The smallest absolute Gasteiger partial charge is 0.225 e. The number of benzene rings is 1. The Labute approximate surface area is 179 Å². The molecule has 0 saturated carbocycles. The van der Waals surface area contributed by atoms with Crippen molar-refractivity contribution in [3.63, 3.8) is 0 Å². The molecule has 6 heteroatoms. The molecule has 1 amide bonds. The molecule has 2 aliphatic heterocycles. The number of aromatic nitrogens is 2. The summed E-state index contributed by atoms with van der Waals surface area (Å²) in [7, 11) is 2.14. The maximum Gasteiger partial charge on any atom is 0.225 e. The third-order valence-electron chi connectivity index (χ3n) is 6.42. The molecular formula is C24H33N5O. The summed E-state index contributed by atoms with van der Waals surface area (Å²) in [5.74, 6) is 1.58. The van der Waals surface area contributed by atoms with Crippen molar-refractivity contribution in [3.05, 3.63) is 53.3 Å². The van der Waals surface area contributed by atoms with Gasteiger partial charge in [-0.05, 0) is 51.3 Å². The van der Waals surface area contributed by atoms with Crippen LogP contribution >= 0.6 is 0 Å². The van der Waals surface area contributed by atoms with Crippen LogP contribution in [0.25, 0.3) is 0 Å². The summed E-state index contributed by atoms with van der Waals surface area (Å²) >= 11 is 0. The van der Waals surface area contributed by atoms with Crippen molar-refractivity contribution >= 4 is 11.9 Å². The molecule has 160 valence electrons. The molecule has 6 nitrogen and oxygen atoms in total. The molecule has 0 aliphatic carbocycles. The minimum atomic E-state index is 0.154. The number of hydrogen-bond acceptors (Lipinski definition) is 5. The lowest BCUT2D eigenvalue weighted by Gasteiger charge is -2.41. The molecule has 0 radical (unpaired) electrons. The molecule has 2 saturated heterocycles. The number of piperidine rings is 1. The van der Waals surface area contributed by atoms with Gasteiger partial charge in [0, 0.05) is 50.5 Å². The lowest BCUT2D eigenvalue weighted by atomic mass is 9.92. The molecule has 1 atom stereocenters. The fourth-order valence-electron chi connectivity index (χ4n) is 4.73. The second kappa shape index (κ2) is 9.13. The maximum atomic E-state index is 13.3. The van der Waals surface area contributed by atoms with Crippen LogP contribution in [0.15, 0.2) is 36.4 Å². The first kappa shape index (κ1) is 20.8. The van der Waals surface area contributed by atoms with Crippen molar-refractivity contribution in [1.82, 2.24) is 19.8 Å². The fraction of sp³-hybridized carbons (Fsp3) is 0.542.